The molecule has 0 radical (unpaired) electrons. The van der Waals surface area contributed by atoms with Crippen LogP contribution in [0.15, 0.2) is 42.5 Å². The van der Waals surface area contributed by atoms with E-state index in [1.165, 1.54) is 11.0 Å². The van der Waals surface area contributed by atoms with Crippen molar-refractivity contribution in [3.05, 3.63) is 59.2 Å². The van der Waals surface area contributed by atoms with Crippen molar-refractivity contribution < 1.29 is 41.8 Å². The van der Waals surface area contributed by atoms with Crippen LogP contribution < -0.4 is 15.4 Å². The lowest BCUT2D eigenvalue weighted by Crippen LogP contribution is -2.43. The molecule has 0 fully saturated rings. The summed E-state index contributed by atoms with van der Waals surface area (Å²) in [4.78, 5) is 51.3. The van der Waals surface area contributed by atoms with Gasteiger partial charge in [0.1, 0.15) is 24.7 Å². The van der Waals surface area contributed by atoms with Crippen LogP contribution in [0.25, 0.3) is 0 Å². The molecule has 0 bridgehead atoms. The van der Waals surface area contributed by atoms with Crippen LogP contribution in [0.5, 0.6) is 5.75 Å². The normalized spacial score (nSPS) is 13.7. The molecule has 0 saturated carbocycles. The van der Waals surface area contributed by atoms with Gasteiger partial charge < -0.3 is 25.0 Å². The average Bonchev–Trinajstić information content (AvgIpc) is 2.94. The van der Waals surface area contributed by atoms with Crippen molar-refractivity contribution in [2.24, 2.45) is 5.73 Å². The van der Waals surface area contributed by atoms with Crippen molar-refractivity contribution >= 4 is 35.3 Å². The summed E-state index contributed by atoms with van der Waals surface area (Å²) in [6.45, 7) is 2.73. The van der Waals surface area contributed by atoms with E-state index >= 15 is 0 Å². The third-order valence-corrected chi connectivity index (χ3v) is 5.55. The molecule has 0 aromatic heterocycles. The van der Waals surface area contributed by atoms with Crippen LogP contribution in [0, 0.1) is 5.41 Å². The van der Waals surface area contributed by atoms with E-state index in [-0.39, 0.29) is 24.0 Å². The van der Waals surface area contributed by atoms with E-state index < -0.39 is 49.4 Å². The predicted octanol–water partition coefficient (Wildman–Crippen LogP) is 2.77. The Bertz CT molecular complexity index is 1260. The smallest absolute Gasteiger partial charge is 0.489 e. The SMILES string of the molecule is CC(C)N1C(=O)CN(CCC(=O)OC(=O)C(F)(F)F)C(=O)c2cc(OCc3ccc(C(=N)N)cc3)ccc21. The Hall–Kier alpha value is -4.42. The van der Waals surface area contributed by atoms with E-state index in [9.17, 15) is 32.3 Å². The Morgan fingerprint density at radius 2 is 1.76 bits per heavy atom. The Labute approximate surface area is 215 Å². The highest BCUT2D eigenvalue weighted by Crippen LogP contribution is 2.31. The summed E-state index contributed by atoms with van der Waals surface area (Å²) in [6, 6.07) is 11.0. The molecular formula is C25H25F3N4O6. The van der Waals surface area contributed by atoms with E-state index in [1.807, 2.05) is 0 Å². The molecule has 0 spiro atoms. The van der Waals surface area contributed by atoms with Gasteiger partial charge in [-0.2, -0.15) is 13.2 Å². The first-order valence-electron chi connectivity index (χ1n) is 11.4. The van der Waals surface area contributed by atoms with Crippen LogP contribution in [0.3, 0.4) is 0 Å². The molecule has 1 aliphatic rings. The van der Waals surface area contributed by atoms with Crippen LogP contribution in [-0.4, -0.2) is 59.8 Å². The fraction of sp³-hybridized carbons (Fsp3) is 0.320. The minimum atomic E-state index is -5.34. The van der Waals surface area contributed by atoms with E-state index in [0.29, 0.717) is 17.0 Å². The molecule has 3 rings (SSSR count). The van der Waals surface area contributed by atoms with Gasteiger partial charge in [0.2, 0.25) is 5.91 Å². The Morgan fingerprint density at radius 1 is 1.11 bits per heavy atom. The molecule has 2 amide bonds. The monoisotopic (exact) mass is 534 g/mol. The first kappa shape index (κ1) is 28.2. The maximum atomic E-state index is 13.3. The fourth-order valence-corrected chi connectivity index (χ4v) is 3.73. The summed E-state index contributed by atoms with van der Waals surface area (Å²) < 4.78 is 46.6. The summed E-state index contributed by atoms with van der Waals surface area (Å²) in [5, 5.41) is 7.45. The van der Waals surface area contributed by atoms with E-state index in [0.717, 1.165) is 10.5 Å². The predicted molar refractivity (Wildman–Crippen MR) is 129 cm³/mol. The minimum absolute atomic E-state index is 0.0734. The number of hydrogen-bond acceptors (Lipinski definition) is 7. The number of carbonyl (C=O) groups excluding carboxylic acids is 4. The Morgan fingerprint density at radius 3 is 2.34 bits per heavy atom. The van der Waals surface area contributed by atoms with Gasteiger partial charge in [-0.1, -0.05) is 24.3 Å². The van der Waals surface area contributed by atoms with Crippen LogP contribution in [0.4, 0.5) is 18.9 Å². The van der Waals surface area contributed by atoms with Gasteiger partial charge in [-0.05, 0) is 37.6 Å². The maximum absolute atomic E-state index is 13.3. The third kappa shape index (κ3) is 6.66. The second kappa shape index (κ2) is 11.3. The summed E-state index contributed by atoms with van der Waals surface area (Å²) in [6.07, 6.45) is -6.07. The lowest BCUT2D eigenvalue weighted by Gasteiger charge is -2.26. The molecule has 0 atom stereocenters. The molecule has 0 aliphatic carbocycles. The zero-order chi connectivity index (χ0) is 28.2. The first-order valence-corrected chi connectivity index (χ1v) is 11.4. The number of nitrogens with two attached hydrogens (primary N) is 1. The van der Waals surface area contributed by atoms with Gasteiger partial charge in [-0.25, -0.2) is 4.79 Å². The molecule has 13 heteroatoms. The summed E-state index contributed by atoms with van der Waals surface area (Å²) >= 11 is 0. The molecule has 2 aromatic rings. The molecule has 0 saturated heterocycles. The number of halogens is 3. The first-order chi connectivity index (χ1) is 17.8. The summed E-state index contributed by atoms with van der Waals surface area (Å²) in [7, 11) is 0. The molecule has 1 heterocycles. The number of rotatable bonds is 8. The molecule has 38 heavy (non-hydrogen) atoms. The molecule has 10 nitrogen and oxygen atoms in total. The van der Waals surface area contributed by atoms with Crippen LogP contribution in [0.1, 0.15) is 41.8 Å². The number of carbonyl (C=O) groups is 4. The largest absolute Gasteiger partial charge is 0.491 e. The number of benzene rings is 2. The topological polar surface area (TPSA) is 143 Å². The van der Waals surface area contributed by atoms with Gasteiger partial charge in [-0.15, -0.1) is 0 Å². The second-order valence-corrected chi connectivity index (χ2v) is 8.67. The number of anilines is 1. The van der Waals surface area contributed by atoms with Gasteiger partial charge in [0, 0.05) is 18.2 Å². The summed E-state index contributed by atoms with van der Waals surface area (Å²) in [5.74, 6) is -5.02. The quantitative estimate of drug-likeness (QED) is 0.229. The Balaban J connectivity index is 1.80. The van der Waals surface area contributed by atoms with E-state index in [1.54, 1.807) is 50.2 Å². The van der Waals surface area contributed by atoms with Crippen molar-refractivity contribution in [1.82, 2.24) is 4.90 Å². The van der Waals surface area contributed by atoms with Gasteiger partial charge in [-0.3, -0.25) is 19.8 Å². The lowest BCUT2D eigenvalue weighted by molar-refractivity contribution is -0.201. The molecule has 202 valence electrons. The molecule has 3 N–H and O–H groups in total. The lowest BCUT2D eigenvalue weighted by atomic mass is 10.1. The van der Waals surface area contributed by atoms with E-state index in [4.69, 9.17) is 15.9 Å². The number of nitrogens with zero attached hydrogens (tertiary/aromatic N) is 2. The minimum Gasteiger partial charge on any atom is -0.489 e. The number of ether oxygens (including phenoxy) is 2. The summed E-state index contributed by atoms with van der Waals surface area (Å²) in [5.41, 5.74) is 7.17. The van der Waals surface area contributed by atoms with Crippen LogP contribution >= 0.6 is 0 Å². The van der Waals surface area contributed by atoms with Crippen molar-refractivity contribution in [2.75, 3.05) is 18.0 Å². The molecule has 0 unspecified atom stereocenters. The number of amidine groups is 1. The average molecular weight is 534 g/mol. The zero-order valence-corrected chi connectivity index (χ0v) is 20.5. The molecular weight excluding hydrogens is 509 g/mol. The fourth-order valence-electron chi connectivity index (χ4n) is 3.73. The Kier molecular flexibility index (Phi) is 8.39. The number of amides is 2. The van der Waals surface area contributed by atoms with E-state index in [2.05, 4.69) is 4.74 Å². The van der Waals surface area contributed by atoms with Crippen LogP contribution in [0.2, 0.25) is 0 Å². The highest BCUT2D eigenvalue weighted by Gasteiger charge is 2.42. The number of hydrogen-bond donors (Lipinski definition) is 2. The molecule has 1 aliphatic heterocycles. The van der Waals surface area contributed by atoms with Crippen molar-refractivity contribution in [3.63, 3.8) is 0 Å². The highest BCUT2D eigenvalue weighted by molar-refractivity contribution is 6.10. The van der Waals surface area contributed by atoms with Crippen molar-refractivity contribution in [3.8, 4) is 5.75 Å². The van der Waals surface area contributed by atoms with Crippen molar-refractivity contribution in [1.29, 1.82) is 5.41 Å². The number of nitrogen functional groups attached to an aromatic ring is 1. The van der Waals surface area contributed by atoms with Gasteiger partial charge in [0.15, 0.2) is 0 Å². The van der Waals surface area contributed by atoms with Gasteiger partial charge in [0.05, 0.1) is 17.7 Å². The van der Waals surface area contributed by atoms with Crippen LogP contribution in [-0.2, 0) is 25.7 Å². The maximum Gasteiger partial charge on any atom is 0.491 e. The standard InChI is InChI=1S/C25H25F3N4O6/c1-14(2)32-19-8-7-17(37-13-15-3-5-16(6-4-15)22(29)30)11-18(19)23(35)31(12-20(32)33)10-9-21(34)38-24(36)25(26,27)28/h3-8,11,14H,9-10,12-13H2,1-2H3,(H3,29,30). The number of fused-ring (bicyclic) bond motifs is 1. The number of esters is 2. The zero-order valence-electron chi connectivity index (χ0n) is 20.5. The highest BCUT2D eigenvalue weighted by atomic mass is 19.4. The molecule has 2 aromatic carbocycles. The third-order valence-electron chi connectivity index (χ3n) is 5.55. The van der Waals surface area contributed by atoms with Gasteiger partial charge >= 0.3 is 18.1 Å². The number of nitrogens with one attached hydrogen (secondary N) is 1. The second-order valence-electron chi connectivity index (χ2n) is 8.67. The van der Waals surface area contributed by atoms with Crippen molar-refractivity contribution in [2.45, 2.75) is 39.1 Å². The number of alkyl halides is 3. The van der Waals surface area contributed by atoms with Gasteiger partial charge in [0.25, 0.3) is 5.91 Å².